The quantitative estimate of drug-likeness (QED) is 0.382. The van der Waals surface area contributed by atoms with Crippen LogP contribution in [0.1, 0.15) is 33.6 Å². The topological polar surface area (TPSA) is 77.1 Å². The van der Waals surface area contributed by atoms with Crippen molar-refractivity contribution in [1.82, 2.24) is 24.4 Å². The highest BCUT2D eigenvalue weighted by Gasteiger charge is 2.22. The van der Waals surface area contributed by atoms with Crippen molar-refractivity contribution in [2.75, 3.05) is 5.32 Å². The van der Waals surface area contributed by atoms with Crippen LogP contribution in [0, 0.1) is 6.92 Å². The lowest BCUT2D eigenvalue weighted by Gasteiger charge is -2.09. The Labute approximate surface area is 193 Å². The number of anilines is 1. The molecule has 0 unspecified atom stereocenters. The van der Waals surface area contributed by atoms with Gasteiger partial charge in [-0.2, -0.15) is 10.2 Å². The molecule has 0 atom stereocenters. The number of aryl methyl sites for hydroxylation is 1. The predicted molar refractivity (Wildman–Crippen MR) is 124 cm³/mol. The Morgan fingerprint density at radius 1 is 1.03 bits per heavy atom. The number of hydrogen-bond acceptors (Lipinski definition) is 4. The van der Waals surface area contributed by atoms with Crippen molar-refractivity contribution in [3.63, 3.8) is 0 Å². The molecule has 0 fully saturated rings. The molecule has 0 radical (unpaired) electrons. The van der Waals surface area contributed by atoms with Crippen molar-refractivity contribution >= 4 is 17.2 Å². The van der Waals surface area contributed by atoms with E-state index in [0.717, 1.165) is 15.6 Å². The molecular formula is C25H20F2N6O. The van der Waals surface area contributed by atoms with Gasteiger partial charge in [-0.05, 0) is 18.6 Å². The number of rotatable bonds is 6. The molecule has 0 spiro atoms. The number of carbonyl (C=O) groups is 1. The summed E-state index contributed by atoms with van der Waals surface area (Å²) in [5.41, 5.74) is 3.40. The molecule has 1 N–H and O–H groups in total. The number of halogens is 2. The lowest BCUT2D eigenvalue weighted by Crippen LogP contribution is -2.12. The zero-order chi connectivity index (χ0) is 23.7. The number of amides is 1. The minimum atomic E-state index is -2.79. The van der Waals surface area contributed by atoms with Crippen LogP contribution in [0.15, 0.2) is 79.3 Å². The van der Waals surface area contributed by atoms with Gasteiger partial charge in [0, 0.05) is 11.8 Å². The van der Waals surface area contributed by atoms with Crippen LogP contribution >= 0.6 is 0 Å². The SMILES string of the molecule is Cc1ccc(-c2cc(C(F)F)n3ncc(C(=O)Nc4cnn(Cc5ccccc5)c4)c3n2)cc1. The summed E-state index contributed by atoms with van der Waals surface area (Å²) in [6, 6.07) is 18.4. The van der Waals surface area contributed by atoms with E-state index in [2.05, 4.69) is 20.5 Å². The second-order valence-corrected chi connectivity index (χ2v) is 7.89. The summed E-state index contributed by atoms with van der Waals surface area (Å²) in [5, 5.41) is 11.0. The molecule has 0 aliphatic carbocycles. The molecule has 0 aliphatic heterocycles. The third-order valence-electron chi connectivity index (χ3n) is 5.39. The van der Waals surface area contributed by atoms with Gasteiger partial charge in [0.2, 0.25) is 0 Å². The number of hydrogen-bond donors (Lipinski definition) is 1. The maximum Gasteiger partial charge on any atom is 0.280 e. The Morgan fingerprint density at radius 3 is 2.53 bits per heavy atom. The van der Waals surface area contributed by atoms with Crippen molar-refractivity contribution in [3.8, 4) is 11.3 Å². The number of benzene rings is 2. The minimum absolute atomic E-state index is 0.0579. The maximum absolute atomic E-state index is 13.8. The maximum atomic E-state index is 13.8. The Balaban J connectivity index is 1.45. The molecule has 0 saturated heterocycles. The van der Waals surface area contributed by atoms with Crippen LogP contribution < -0.4 is 5.32 Å². The first-order valence-corrected chi connectivity index (χ1v) is 10.6. The molecule has 0 saturated carbocycles. The zero-order valence-corrected chi connectivity index (χ0v) is 18.2. The summed E-state index contributed by atoms with van der Waals surface area (Å²) < 4.78 is 30.3. The molecular weight excluding hydrogens is 438 g/mol. The highest BCUT2D eigenvalue weighted by molar-refractivity contribution is 6.08. The molecule has 170 valence electrons. The van der Waals surface area contributed by atoms with Crippen LogP contribution in [-0.2, 0) is 6.54 Å². The summed E-state index contributed by atoms with van der Waals surface area (Å²) in [6.07, 6.45) is 1.69. The molecule has 1 amide bonds. The average molecular weight is 458 g/mol. The standard InChI is InChI=1S/C25H20F2N6O/c1-16-7-9-18(10-8-16)21-11-22(23(26)27)33-24(31-21)20(13-29-33)25(34)30-19-12-28-32(15-19)14-17-5-3-2-4-6-17/h2-13,15,23H,14H2,1H3,(H,30,34). The first-order valence-electron chi connectivity index (χ1n) is 10.6. The third kappa shape index (κ3) is 4.27. The fraction of sp³-hybridized carbons (Fsp3) is 0.120. The van der Waals surface area contributed by atoms with E-state index in [0.29, 0.717) is 23.5 Å². The van der Waals surface area contributed by atoms with Gasteiger partial charge in [-0.1, -0.05) is 60.2 Å². The highest BCUT2D eigenvalue weighted by atomic mass is 19.3. The van der Waals surface area contributed by atoms with Crippen molar-refractivity contribution in [1.29, 1.82) is 0 Å². The Bertz CT molecular complexity index is 1460. The second kappa shape index (κ2) is 8.86. The van der Waals surface area contributed by atoms with Gasteiger partial charge in [-0.15, -0.1) is 0 Å². The average Bonchev–Trinajstić information content (AvgIpc) is 3.46. The van der Waals surface area contributed by atoms with E-state index >= 15 is 0 Å². The highest BCUT2D eigenvalue weighted by Crippen LogP contribution is 2.27. The van der Waals surface area contributed by atoms with Gasteiger partial charge in [0.05, 0.1) is 30.3 Å². The molecule has 34 heavy (non-hydrogen) atoms. The second-order valence-electron chi connectivity index (χ2n) is 7.89. The van der Waals surface area contributed by atoms with Crippen LogP contribution in [0.3, 0.4) is 0 Å². The fourth-order valence-electron chi connectivity index (χ4n) is 3.66. The number of nitrogens with zero attached hydrogens (tertiary/aromatic N) is 5. The van der Waals surface area contributed by atoms with Crippen molar-refractivity contribution in [3.05, 3.63) is 102 Å². The Hall–Kier alpha value is -4.40. The number of aromatic nitrogens is 5. The molecule has 9 heteroatoms. The summed E-state index contributed by atoms with van der Waals surface area (Å²) >= 11 is 0. The van der Waals surface area contributed by atoms with Gasteiger partial charge < -0.3 is 5.32 Å². The van der Waals surface area contributed by atoms with Crippen LogP contribution in [-0.4, -0.2) is 30.3 Å². The van der Waals surface area contributed by atoms with Gasteiger partial charge in [0.25, 0.3) is 12.3 Å². The number of fused-ring (bicyclic) bond motifs is 1. The van der Waals surface area contributed by atoms with E-state index in [-0.39, 0.29) is 16.9 Å². The summed E-state index contributed by atoms with van der Waals surface area (Å²) in [4.78, 5) is 17.5. The first kappa shape index (κ1) is 21.4. The zero-order valence-electron chi connectivity index (χ0n) is 18.2. The Morgan fingerprint density at radius 2 is 1.79 bits per heavy atom. The van der Waals surface area contributed by atoms with Crippen molar-refractivity contribution < 1.29 is 13.6 Å². The molecule has 0 bridgehead atoms. The molecule has 0 aliphatic rings. The number of alkyl halides is 2. The first-order chi connectivity index (χ1) is 16.5. The van der Waals surface area contributed by atoms with Gasteiger partial charge in [0.1, 0.15) is 11.3 Å². The molecule has 3 heterocycles. The summed E-state index contributed by atoms with van der Waals surface area (Å²) in [7, 11) is 0. The minimum Gasteiger partial charge on any atom is -0.319 e. The molecule has 5 aromatic rings. The fourth-order valence-corrected chi connectivity index (χ4v) is 3.66. The van der Waals surface area contributed by atoms with E-state index in [1.54, 1.807) is 23.0 Å². The van der Waals surface area contributed by atoms with Crippen LogP contribution in [0.4, 0.5) is 14.5 Å². The normalized spacial score (nSPS) is 11.3. The van der Waals surface area contributed by atoms with E-state index < -0.39 is 12.3 Å². The monoisotopic (exact) mass is 458 g/mol. The smallest absolute Gasteiger partial charge is 0.280 e. The predicted octanol–water partition coefficient (Wildman–Crippen LogP) is 5.14. The molecule has 2 aromatic carbocycles. The molecule has 3 aromatic heterocycles. The van der Waals surface area contributed by atoms with Gasteiger partial charge >= 0.3 is 0 Å². The van der Waals surface area contributed by atoms with Crippen LogP contribution in [0.25, 0.3) is 16.9 Å². The Kier molecular flexibility index (Phi) is 5.59. The van der Waals surface area contributed by atoms with E-state index in [9.17, 15) is 13.6 Å². The van der Waals surface area contributed by atoms with Gasteiger partial charge in [-0.3, -0.25) is 9.48 Å². The third-order valence-corrected chi connectivity index (χ3v) is 5.39. The summed E-state index contributed by atoms with van der Waals surface area (Å²) in [5.74, 6) is -0.511. The molecule has 7 nitrogen and oxygen atoms in total. The van der Waals surface area contributed by atoms with Crippen molar-refractivity contribution in [2.24, 2.45) is 0 Å². The van der Waals surface area contributed by atoms with E-state index in [1.807, 2.05) is 49.4 Å². The van der Waals surface area contributed by atoms with E-state index in [4.69, 9.17) is 0 Å². The largest absolute Gasteiger partial charge is 0.319 e. The van der Waals surface area contributed by atoms with Gasteiger partial charge in [-0.25, -0.2) is 18.3 Å². The molecule has 5 rings (SSSR count). The summed E-state index contributed by atoms with van der Waals surface area (Å²) in [6.45, 7) is 2.49. The van der Waals surface area contributed by atoms with Gasteiger partial charge in [0.15, 0.2) is 5.65 Å². The lowest BCUT2D eigenvalue weighted by molar-refractivity contribution is 0.102. The number of carbonyl (C=O) groups excluding carboxylic acids is 1. The lowest BCUT2D eigenvalue weighted by atomic mass is 10.1. The van der Waals surface area contributed by atoms with Crippen LogP contribution in [0.2, 0.25) is 0 Å². The number of nitrogens with one attached hydrogen (secondary N) is 1. The van der Waals surface area contributed by atoms with E-state index in [1.165, 1.54) is 18.5 Å². The van der Waals surface area contributed by atoms with Crippen LogP contribution in [0.5, 0.6) is 0 Å². The van der Waals surface area contributed by atoms with Crippen molar-refractivity contribution in [2.45, 2.75) is 19.9 Å².